The molecule has 1 aromatic heterocycles. The number of rotatable bonds is 6. The van der Waals surface area contributed by atoms with E-state index in [-0.39, 0.29) is 0 Å². The molecule has 1 heterocycles. The largest absolute Gasteiger partial charge is 0.482 e. The first-order valence-electron chi connectivity index (χ1n) is 6.70. The van der Waals surface area contributed by atoms with Crippen molar-refractivity contribution in [2.45, 2.75) is 20.8 Å². The Kier molecular flexibility index (Phi) is 4.82. The zero-order valence-corrected chi connectivity index (χ0v) is 12.4. The molecule has 0 spiro atoms. The molecule has 4 heteroatoms. The van der Waals surface area contributed by atoms with Crippen LogP contribution in [-0.2, 0) is 4.79 Å². The maximum atomic E-state index is 10.8. The van der Waals surface area contributed by atoms with Crippen LogP contribution < -0.4 is 9.47 Å². The number of furan rings is 1. The normalized spacial score (nSPS) is 10.8. The third kappa shape index (κ3) is 3.34. The number of fused-ring (bicyclic) bond motifs is 1. The van der Waals surface area contributed by atoms with Crippen LogP contribution >= 0.6 is 0 Å². The minimum atomic E-state index is 0.368. The molecule has 0 saturated heterocycles. The molecule has 0 fully saturated rings. The zero-order valence-electron chi connectivity index (χ0n) is 12.4. The average molecular weight is 286 g/mol. The molecule has 0 radical (unpaired) electrons. The minimum absolute atomic E-state index is 0.368. The van der Waals surface area contributed by atoms with Gasteiger partial charge < -0.3 is 13.9 Å². The van der Waals surface area contributed by atoms with E-state index in [4.69, 9.17) is 13.9 Å². The summed E-state index contributed by atoms with van der Waals surface area (Å²) in [5.41, 5.74) is 2.49. The van der Waals surface area contributed by atoms with E-state index in [9.17, 15) is 4.79 Å². The highest BCUT2D eigenvalue weighted by Gasteiger charge is 2.17. The first-order chi connectivity index (χ1) is 10.2. The predicted octanol–water partition coefficient (Wildman–Crippen LogP) is 4.35. The Morgan fingerprint density at radius 2 is 2.14 bits per heavy atom. The van der Waals surface area contributed by atoms with E-state index in [0.717, 1.165) is 16.5 Å². The highest BCUT2D eigenvalue weighted by molar-refractivity contribution is 5.90. The number of ether oxygens (including phenoxy) is 2. The summed E-state index contributed by atoms with van der Waals surface area (Å²) in [4.78, 5) is 10.8. The van der Waals surface area contributed by atoms with Gasteiger partial charge in [-0.15, -0.1) is 0 Å². The second-order valence-corrected chi connectivity index (χ2v) is 4.77. The quantitative estimate of drug-likeness (QED) is 0.585. The van der Waals surface area contributed by atoms with E-state index in [1.807, 2.05) is 51.1 Å². The molecule has 1 aromatic carbocycles. The van der Waals surface area contributed by atoms with Gasteiger partial charge in [-0.2, -0.15) is 0 Å². The molecule has 0 amide bonds. The van der Waals surface area contributed by atoms with Crippen molar-refractivity contribution >= 4 is 23.5 Å². The Balaban J connectivity index is 2.55. The number of benzene rings is 1. The predicted molar refractivity (Wildman–Crippen MR) is 82.5 cm³/mol. The molecule has 4 nitrogen and oxygen atoms in total. The van der Waals surface area contributed by atoms with Crippen LogP contribution in [0, 0.1) is 0 Å². The van der Waals surface area contributed by atoms with E-state index in [0.29, 0.717) is 30.2 Å². The van der Waals surface area contributed by atoms with Gasteiger partial charge in [-0.25, -0.2) is 0 Å². The van der Waals surface area contributed by atoms with Crippen molar-refractivity contribution in [1.29, 1.82) is 0 Å². The average Bonchev–Trinajstić information content (AvgIpc) is 2.89. The Morgan fingerprint density at radius 3 is 2.81 bits per heavy atom. The molecule has 0 aliphatic carbocycles. The van der Waals surface area contributed by atoms with Gasteiger partial charge in [-0.3, -0.25) is 4.79 Å². The Labute approximate surface area is 123 Å². The molecular formula is C17H18O4. The monoisotopic (exact) mass is 286 g/mol. The molecule has 110 valence electrons. The SMILES string of the molecule is CC=Cc1cc2ccoc2c(OCC=C(C)C)c1OC=O. The standard InChI is InChI=1S/C17H18O4/c1-4-5-13-10-14-7-9-19-15(14)17(16(13)21-11-18)20-8-6-12(2)3/h4-7,9-11H,8H2,1-3H3. The highest BCUT2D eigenvalue weighted by atomic mass is 16.5. The van der Waals surface area contributed by atoms with Crippen molar-refractivity contribution < 1.29 is 18.7 Å². The van der Waals surface area contributed by atoms with Gasteiger partial charge in [-0.05, 0) is 39.0 Å². The molecule has 0 atom stereocenters. The first kappa shape index (κ1) is 14.9. The zero-order chi connectivity index (χ0) is 15.2. The van der Waals surface area contributed by atoms with Crippen LogP contribution in [0.1, 0.15) is 26.3 Å². The van der Waals surface area contributed by atoms with Gasteiger partial charge in [-0.1, -0.05) is 17.7 Å². The molecule has 0 aliphatic heterocycles. The molecule has 0 saturated carbocycles. The molecule has 0 N–H and O–H groups in total. The van der Waals surface area contributed by atoms with Crippen molar-refractivity contribution in [3.05, 3.63) is 41.7 Å². The van der Waals surface area contributed by atoms with Crippen molar-refractivity contribution in [2.24, 2.45) is 0 Å². The van der Waals surface area contributed by atoms with Crippen molar-refractivity contribution in [2.75, 3.05) is 6.61 Å². The lowest BCUT2D eigenvalue weighted by molar-refractivity contribution is -0.120. The third-order valence-corrected chi connectivity index (χ3v) is 2.91. The molecule has 2 aromatic rings. The van der Waals surface area contributed by atoms with Crippen LogP contribution in [-0.4, -0.2) is 13.1 Å². The molecule has 0 unspecified atom stereocenters. The van der Waals surface area contributed by atoms with E-state index in [2.05, 4.69) is 0 Å². The number of carbonyl (C=O) groups excluding carboxylic acids is 1. The third-order valence-electron chi connectivity index (χ3n) is 2.91. The second-order valence-electron chi connectivity index (χ2n) is 4.77. The summed E-state index contributed by atoms with van der Waals surface area (Å²) in [6, 6.07) is 3.74. The van der Waals surface area contributed by atoms with E-state index in [1.165, 1.54) is 0 Å². The summed E-state index contributed by atoms with van der Waals surface area (Å²) in [5, 5.41) is 0.897. The summed E-state index contributed by atoms with van der Waals surface area (Å²) in [7, 11) is 0. The van der Waals surface area contributed by atoms with Crippen molar-refractivity contribution in [3.8, 4) is 11.5 Å². The Bertz CT molecular complexity index is 688. The maximum Gasteiger partial charge on any atom is 0.298 e. The maximum absolute atomic E-state index is 10.8. The molecule has 0 aliphatic rings. The summed E-state index contributed by atoms with van der Waals surface area (Å²) in [5.74, 6) is 0.808. The van der Waals surface area contributed by atoms with Crippen molar-refractivity contribution in [1.82, 2.24) is 0 Å². The van der Waals surface area contributed by atoms with Crippen LogP contribution in [0.3, 0.4) is 0 Å². The fourth-order valence-corrected chi connectivity index (χ4v) is 1.98. The van der Waals surface area contributed by atoms with Gasteiger partial charge >= 0.3 is 0 Å². The van der Waals surface area contributed by atoms with Gasteiger partial charge in [0.1, 0.15) is 6.61 Å². The van der Waals surface area contributed by atoms with Crippen LogP contribution in [0.4, 0.5) is 0 Å². The van der Waals surface area contributed by atoms with Crippen LogP contribution in [0.15, 0.2) is 40.5 Å². The lowest BCUT2D eigenvalue weighted by Gasteiger charge is -2.12. The van der Waals surface area contributed by atoms with E-state index in [1.54, 1.807) is 6.26 Å². The smallest absolute Gasteiger partial charge is 0.298 e. The van der Waals surface area contributed by atoms with Crippen LogP contribution in [0.5, 0.6) is 11.5 Å². The number of carbonyl (C=O) groups is 1. The van der Waals surface area contributed by atoms with Crippen LogP contribution in [0.25, 0.3) is 17.0 Å². The topological polar surface area (TPSA) is 48.7 Å². The first-order valence-corrected chi connectivity index (χ1v) is 6.70. The minimum Gasteiger partial charge on any atom is -0.482 e. The van der Waals surface area contributed by atoms with Gasteiger partial charge in [0.2, 0.25) is 5.75 Å². The van der Waals surface area contributed by atoms with Gasteiger partial charge in [0.25, 0.3) is 6.47 Å². The van der Waals surface area contributed by atoms with Gasteiger partial charge in [0, 0.05) is 10.9 Å². The Hall–Kier alpha value is -2.49. The summed E-state index contributed by atoms with van der Waals surface area (Å²) in [6.07, 6.45) is 7.27. The summed E-state index contributed by atoms with van der Waals surface area (Å²) >= 11 is 0. The fraction of sp³-hybridized carbons (Fsp3) is 0.235. The van der Waals surface area contributed by atoms with Gasteiger partial charge in [0.05, 0.1) is 6.26 Å². The second kappa shape index (κ2) is 6.79. The van der Waals surface area contributed by atoms with E-state index >= 15 is 0 Å². The number of allylic oxidation sites excluding steroid dienone is 2. The molecule has 0 bridgehead atoms. The number of hydrogen-bond acceptors (Lipinski definition) is 4. The molecule has 2 rings (SSSR count). The van der Waals surface area contributed by atoms with Crippen molar-refractivity contribution in [3.63, 3.8) is 0 Å². The van der Waals surface area contributed by atoms with Gasteiger partial charge in [0.15, 0.2) is 11.3 Å². The molecule has 21 heavy (non-hydrogen) atoms. The lowest BCUT2D eigenvalue weighted by Crippen LogP contribution is -2.00. The summed E-state index contributed by atoms with van der Waals surface area (Å²) < 4.78 is 16.4. The van der Waals surface area contributed by atoms with E-state index < -0.39 is 0 Å². The number of hydrogen-bond donors (Lipinski definition) is 0. The lowest BCUT2D eigenvalue weighted by atomic mass is 10.1. The molecular weight excluding hydrogens is 268 g/mol. The van der Waals surface area contributed by atoms with Crippen LogP contribution in [0.2, 0.25) is 0 Å². The summed E-state index contributed by atoms with van der Waals surface area (Å²) in [6.45, 7) is 6.65. The highest BCUT2D eigenvalue weighted by Crippen LogP contribution is 2.40. The fourth-order valence-electron chi connectivity index (χ4n) is 1.98. The Morgan fingerprint density at radius 1 is 1.33 bits per heavy atom.